The van der Waals surface area contributed by atoms with Gasteiger partial charge < -0.3 is 0 Å². The Kier molecular flexibility index (Phi) is 4.00. The fourth-order valence-corrected chi connectivity index (χ4v) is 3.24. The van der Waals surface area contributed by atoms with Gasteiger partial charge in [0.1, 0.15) is 5.69 Å². The number of aryl methyl sites for hydroxylation is 1. The molecule has 120 valence electrons. The molecule has 0 aliphatic heterocycles. The predicted octanol–water partition coefficient (Wildman–Crippen LogP) is 5.44. The van der Waals surface area contributed by atoms with Crippen LogP contribution >= 0.6 is 11.3 Å². The number of azo groups is 1. The molecule has 1 aromatic heterocycles. The van der Waals surface area contributed by atoms with E-state index in [1.165, 1.54) is 12.1 Å². The van der Waals surface area contributed by atoms with Crippen LogP contribution in [0.25, 0.3) is 10.1 Å². The molecule has 0 bridgehead atoms. The van der Waals surface area contributed by atoms with Crippen molar-refractivity contribution in [1.29, 1.82) is 0 Å². The first-order chi connectivity index (χ1) is 11.5. The van der Waals surface area contributed by atoms with Crippen LogP contribution in [0.4, 0.5) is 22.7 Å². The Morgan fingerprint density at radius 2 is 1.75 bits per heavy atom. The van der Waals surface area contributed by atoms with E-state index < -0.39 is 15.5 Å². The van der Waals surface area contributed by atoms with E-state index in [0.717, 1.165) is 21.0 Å². The molecule has 9 heteroatoms. The lowest BCUT2D eigenvalue weighted by Crippen LogP contribution is -1.92. The molecule has 0 spiro atoms. The number of hydrogen-bond acceptors (Lipinski definition) is 7. The van der Waals surface area contributed by atoms with E-state index in [2.05, 4.69) is 10.2 Å². The summed E-state index contributed by atoms with van der Waals surface area (Å²) in [4.78, 5) is 21.4. The average molecular weight is 342 g/mol. The highest BCUT2D eigenvalue weighted by Gasteiger charge is 2.19. The zero-order valence-corrected chi connectivity index (χ0v) is 13.2. The summed E-state index contributed by atoms with van der Waals surface area (Å²) in [5.41, 5.74) is -0.202. The minimum atomic E-state index is -0.708. The molecule has 0 saturated carbocycles. The van der Waals surface area contributed by atoms with E-state index in [9.17, 15) is 20.2 Å². The first-order valence-corrected chi connectivity index (χ1v) is 7.61. The molecule has 0 N–H and O–H groups in total. The minimum absolute atomic E-state index is 0.0275. The molecule has 0 radical (unpaired) electrons. The van der Waals surface area contributed by atoms with E-state index >= 15 is 0 Å². The Balaban J connectivity index is 2.07. The summed E-state index contributed by atoms with van der Waals surface area (Å²) >= 11 is 1.55. The third-order valence-electron chi connectivity index (χ3n) is 3.36. The van der Waals surface area contributed by atoms with Gasteiger partial charge in [-0.15, -0.1) is 21.6 Å². The van der Waals surface area contributed by atoms with Crippen molar-refractivity contribution in [3.8, 4) is 0 Å². The third kappa shape index (κ3) is 2.84. The Morgan fingerprint density at radius 1 is 1.00 bits per heavy atom. The van der Waals surface area contributed by atoms with Crippen LogP contribution in [-0.2, 0) is 0 Å². The number of nitro benzene ring substituents is 2. The summed E-state index contributed by atoms with van der Waals surface area (Å²) in [5.74, 6) is 0. The smallest absolute Gasteiger partial charge is 0.258 e. The van der Waals surface area contributed by atoms with Gasteiger partial charge in [-0.05, 0) is 19.1 Å². The van der Waals surface area contributed by atoms with Crippen LogP contribution in [0.1, 0.15) is 4.88 Å². The van der Waals surface area contributed by atoms with Crippen molar-refractivity contribution in [1.82, 2.24) is 0 Å². The minimum Gasteiger partial charge on any atom is -0.258 e. The van der Waals surface area contributed by atoms with Gasteiger partial charge in [-0.2, -0.15) is 0 Å². The molecule has 0 saturated heterocycles. The maximum absolute atomic E-state index is 11.1. The van der Waals surface area contributed by atoms with E-state index in [4.69, 9.17) is 0 Å². The quantitative estimate of drug-likeness (QED) is 0.357. The topological polar surface area (TPSA) is 111 Å². The van der Waals surface area contributed by atoms with Gasteiger partial charge in [0.2, 0.25) is 0 Å². The number of hydrogen-bond donors (Lipinski definition) is 0. The van der Waals surface area contributed by atoms with Gasteiger partial charge in [-0.3, -0.25) is 20.2 Å². The number of fused-ring (bicyclic) bond motifs is 1. The van der Waals surface area contributed by atoms with Crippen molar-refractivity contribution in [3.05, 3.63) is 67.6 Å². The number of nitrogens with zero attached hydrogens (tertiary/aromatic N) is 4. The lowest BCUT2D eigenvalue weighted by atomic mass is 10.2. The molecule has 3 rings (SSSR count). The van der Waals surface area contributed by atoms with Gasteiger partial charge in [0.05, 0.1) is 15.9 Å². The molecule has 24 heavy (non-hydrogen) atoms. The zero-order chi connectivity index (χ0) is 17.3. The maximum atomic E-state index is 11.1. The van der Waals surface area contributed by atoms with Gasteiger partial charge in [0, 0.05) is 21.0 Å². The van der Waals surface area contributed by atoms with Crippen LogP contribution < -0.4 is 0 Å². The van der Waals surface area contributed by atoms with Crippen molar-refractivity contribution in [2.75, 3.05) is 0 Å². The molecular formula is C15H10N4O4S. The van der Waals surface area contributed by atoms with Crippen LogP contribution in [0.5, 0.6) is 0 Å². The lowest BCUT2D eigenvalue weighted by Gasteiger charge is -1.97. The van der Waals surface area contributed by atoms with E-state index in [-0.39, 0.29) is 11.4 Å². The Bertz CT molecular complexity index is 996. The Hall–Kier alpha value is -3.20. The van der Waals surface area contributed by atoms with Gasteiger partial charge in [0.15, 0.2) is 5.69 Å². The van der Waals surface area contributed by atoms with Crippen LogP contribution in [-0.4, -0.2) is 9.85 Å². The molecule has 0 atom stereocenters. The number of rotatable bonds is 4. The van der Waals surface area contributed by atoms with Gasteiger partial charge in [-0.25, -0.2) is 0 Å². The predicted molar refractivity (Wildman–Crippen MR) is 90.5 cm³/mol. The third-order valence-corrected chi connectivity index (χ3v) is 4.44. The number of benzene rings is 2. The molecule has 8 nitrogen and oxygen atoms in total. The second kappa shape index (κ2) is 6.13. The number of nitro groups is 2. The van der Waals surface area contributed by atoms with Crippen molar-refractivity contribution < 1.29 is 9.85 Å². The highest BCUT2D eigenvalue weighted by Crippen LogP contribution is 2.39. The maximum Gasteiger partial charge on any atom is 0.303 e. The zero-order valence-electron chi connectivity index (χ0n) is 12.4. The van der Waals surface area contributed by atoms with Crippen LogP contribution in [0, 0.1) is 27.2 Å². The second-order valence-electron chi connectivity index (χ2n) is 4.89. The average Bonchev–Trinajstić information content (AvgIpc) is 2.87. The summed E-state index contributed by atoms with van der Waals surface area (Å²) in [6, 6.07) is 10.9. The summed E-state index contributed by atoms with van der Waals surface area (Å²) < 4.78 is 1.04. The fraction of sp³-hybridized carbons (Fsp3) is 0.0667. The van der Waals surface area contributed by atoms with Gasteiger partial charge in [0.25, 0.3) is 5.69 Å². The molecule has 0 fully saturated rings. The Labute approximate surface area is 139 Å². The molecule has 3 aromatic rings. The molecule has 0 unspecified atom stereocenters. The standard InChI is InChI=1S/C15H10N4O4S/c1-9-15(11-4-2-3-5-14(11)24-9)17-16-12-7-6-10(18(20)21)8-13(12)19(22)23/h2-8H,1H3. The molecule has 0 amide bonds. The normalized spacial score (nSPS) is 11.2. The summed E-state index contributed by atoms with van der Waals surface area (Å²) in [6.45, 7) is 1.89. The fourth-order valence-electron chi connectivity index (χ4n) is 2.24. The van der Waals surface area contributed by atoms with E-state index in [1.54, 1.807) is 11.3 Å². The Morgan fingerprint density at radius 3 is 2.46 bits per heavy atom. The first kappa shape index (κ1) is 15.7. The largest absolute Gasteiger partial charge is 0.303 e. The van der Waals surface area contributed by atoms with Crippen LogP contribution in [0.2, 0.25) is 0 Å². The van der Waals surface area contributed by atoms with Crippen molar-refractivity contribution >= 4 is 44.2 Å². The summed E-state index contributed by atoms with van der Waals surface area (Å²) in [6.07, 6.45) is 0. The van der Waals surface area contributed by atoms with Crippen molar-refractivity contribution in [3.63, 3.8) is 0 Å². The summed E-state index contributed by atoms with van der Waals surface area (Å²) in [5, 5.41) is 30.9. The van der Waals surface area contributed by atoms with Crippen LogP contribution in [0.3, 0.4) is 0 Å². The van der Waals surface area contributed by atoms with Crippen molar-refractivity contribution in [2.24, 2.45) is 10.2 Å². The van der Waals surface area contributed by atoms with E-state index in [0.29, 0.717) is 5.69 Å². The monoisotopic (exact) mass is 342 g/mol. The van der Waals surface area contributed by atoms with Gasteiger partial charge >= 0.3 is 5.69 Å². The number of thiophene rings is 1. The highest BCUT2D eigenvalue weighted by atomic mass is 32.1. The highest BCUT2D eigenvalue weighted by molar-refractivity contribution is 7.19. The number of non-ortho nitro benzene ring substituents is 1. The molecule has 2 aromatic carbocycles. The summed E-state index contributed by atoms with van der Waals surface area (Å²) in [7, 11) is 0. The molecule has 1 heterocycles. The first-order valence-electron chi connectivity index (χ1n) is 6.80. The molecular weight excluding hydrogens is 332 g/mol. The van der Waals surface area contributed by atoms with Crippen molar-refractivity contribution in [2.45, 2.75) is 6.92 Å². The molecule has 0 aliphatic rings. The second-order valence-corrected chi connectivity index (χ2v) is 6.15. The molecule has 0 aliphatic carbocycles. The van der Waals surface area contributed by atoms with Gasteiger partial charge in [-0.1, -0.05) is 18.2 Å². The van der Waals surface area contributed by atoms with Crippen LogP contribution in [0.15, 0.2) is 52.7 Å². The lowest BCUT2D eigenvalue weighted by molar-refractivity contribution is -0.393. The van der Waals surface area contributed by atoms with E-state index in [1.807, 2.05) is 31.2 Å². The SMILES string of the molecule is Cc1sc2ccccc2c1N=Nc1ccc([N+](=O)[O-])cc1[N+](=O)[O-].